The highest BCUT2D eigenvalue weighted by Gasteiger charge is 2.24. The smallest absolute Gasteiger partial charge is 0.238 e. The van der Waals surface area contributed by atoms with Crippen molar-refractivity contribution in [3.05, 3.63) is 170 Å². The number of rotatable bonds is 5. The summed E-state index contributed by atoms with van der Waals surface area (Å²) in [5, 5.41) is 8.88. The molecule has 0 fully saturated rings. The van der Waals surface area contributed by atoms with Gasteiger partial charge in [-0.25, -0.2) is 4.98 Å². The Morgan fingerprint density at radius 3 is 1.58 bits per heavy atom. The molecule has 59 heavy (non-hydrogen) atoms. The average Bonchev–Trinajstić information content (AvgIpc) is 4.06. The first-order chi connectivity index (χ1) is 29.2. The third-order valence-electron chi connectivity index (χ3n) is 11.3. The van der Waals surface area contributed by atoms with E-state index in [9.17, 15) is 0 Å². The summed E-state index contributed by atoms with van der Waals surface area (Å²) in [6, 6.07) is 59.2. The molecule has 0 bridgehead atoms. The molecule has 13 aromatic rings. The minimum atomic E-state index is 0.515. The first kappa shape index (κ1) is 32.7. The second-order valence-electron chi connectivity index (χ2n) is 14.8. The van der Waals surface area contributed by atoms with Crippen molar-refractivity contribution in [2.45, 2.75) is 0 Å². The molecule has 0 saturated heterocycles. The topological polar surface area (TPSA) is 68.2 Å². The van der Waals surface area contributed by atoms with E-state index in [-0.39, 0.29) is 0 Å². The fourth-order valence-electron chi connectivity index (χ4n) is 8.61. The highest BCUT2D eigenvalue weighted by molar-refractivity contribution is 7.26. The molecule has 8 aromatic carbocycles. The molecule has 0 unspecified atom stereocenters. The van der Waals surface area contributed by atoms with Crippen molar-refractivity contribution in [3.63, 3.8) is 0 Å². The lowest BCUT2D eigenvalue weighted by Gasteiger charge is -2.25. The molecule has 0 saturated carbocycles. The van der Waals surface area contributed by atoms with Crippen LogP contribution in [0.2, 0.25) is 0 Å². The zero-order valence-corrected chi connectivity index (χ0v) is 32.7. The molecule has 276 valence electrons. The van der Waals surface area contributed by atoms with Crippen molar-refractivity contribution < 1.29 is 8.83 Å². The Kier molecular flexibility index (Phi) is 6.95. The van der Waals surface area contributed by atoms with Gasteiger partial charge in [0.15, 0.2) is 11.6 Å². The molecule has 5 heterocycles. The summed E-state index contributed by atoms with van der Waals surface area (Å²) in [6.07, 6.45) is 0. The lowest BCUT2D eigenvalue weighted by Crippen LogP contribution is -2.15. The van der Waals surface area contributed by atoms with E-state index in [1.807, 2.05) is 72.0 Å². The summed E-state index contributed by atoms with van der Waals surface area (Å²) in [7, 11) is 0. The molecule has 0 aliphatic carbocycles. The maximum atomic E-state index is 6.24. The van der Waals surface area contributed by atoms with Crippen LogP contribution in [0, 0.1) is 0 Å². The molecule has 8 heteroatoms. The number of anilines is 3. The Morgan fingerprint density at radius 1 is 0.373 bits per heavy atom. The Morgan fingerprint density at radius 2 is 0.898 bits per heavy atom. The van der Waals surface area contributed by atoms with Crippen molar-refractivity contribution in [3.8, 4) is 22.8 Å². The lowest BCUT2D eigenvalue weighted by molar-refractivity contribution is 0.668. The van der Waals surface area contributed by atoms with E-state index in [1.54, 1.807) is 11.3 Å². The molecular weight excluding hydrogens is 765 g/mol. The number of aromatic nitrogens is 3. The number of thiophene rings is 2. The van der Waals surface area contributed by atoms with Gasteiger partial charge in [-0.3, -0.25) is 4.90 Å². The number of fused-ring (bicyclic) bond motifs is 12. The summed E-state index contributed by atoms with van der Waals surface area (Å²) in [6.45, 7) is 0. The van der Waals surface area contributed by atoms with E-state index in [0.717, 1.165) is 71.8 Å². The van der Waals surface area contributed by atoms with Gasteiger partial charge in [-0.15, -0.1) is 22.7 Å². The Bertz CT molecular complexity index is 3710. The summed E-state index contributed by atoms with van der Waals surface area (Å²) in [4.78, 5) is 18.3. The van der Waals surface area contributed by atoms with Gasteiger partial charge in [0.05, 0.1) is 5.69 Å². The van der Waals surface area contributed by atoms with Gasteiger partial charge in [-0.05, 0) is 91.0 Å². The van der Waals surface area contributed by atoms with Crippen molar-refractivity contribution in [1.82, 2.24) is 15.0 Å². The Labute approximate surface area is 343 Å². The van der Waals surface area contributed by atoms with Gasteiger partial charge in [-0.1, -0.05) is 78.9 Å². The van der Waals surface area contributed by atoms with Gasteiger partial charge < -0.3 is 8.83 Å². The van der Waals surface area contributed by atoms with Crippen LogP contribution in [-0.2, 0) is 0 Å². The number of para-hydroxylation sites is 2. The molecule has 0 spiro atoms. The molecule has 0 radical (unpaired) electrons. The predicted octanol–water partition coefficient (Wildman–Crippen LogP) is 15.2. The number of nitrogens with zero attached hydrogens (tertiary/aromatic N) is 4. The summed E-state index contributed by atoms with van der Waals surface area (Å²) >= 11 is 3.61. The van der Waals surface area contributed by atoms with E-state index in [1.165, 1.54) is 35.0 Å². The highest BCUT2D eigenvalue weighted by atomic mass is 32.1. The Hall–Kier alpha value is -7.39. The third-order valence-corrected chi connectivity index (χ3v) is 13.6. The van der Waals surface area contributed by atoms with E-state index >= 15 is 0 Å². The standard InChI is InChI=1S/C51H28N4O2S2/c1-5-15-40-32(10-1)36-26-29(20-23-42(36)56-40)49-52-50(30-21-24-43-37(27-30)33-11-2-6-16-41(33)57-43)54-51(53-49)55(31-22-25-46-38(28-31)34-12-3-7-17-44(34)58-46)39-14-9-19-47-48(39)35-13-4-8-18-45(35)59-47/h1-28H. The largest absolute Gasteiger partial charge is 0.456 e. The zero-order valence-electron chi connectivity index (χ0n) is 31.1. The van der Waals surface area contributed by atoms with Crippen LogP contribution in [0.5, 0.6) is 0 Å². The molecule has 0 N–H and O–H groups in total. The third kappa shape index (κ3) is 5.07. The maximum absolute atomic E-state index is 6.24. The van der Waals surface area contributed by atoms with Crippen LogP contribution < -0.4 is 4.90 Å². The second kappa shape index (κ2) is 12.6. The Balaban J connectivity index is 1.11. The van der Waals surface area contributed by atoms with Gasteiger partial charge in [-0.2, -0.15) is 9.97 Å². The van der Waals surface area contributed by atoms with Crippen LogP contribution in [0.25, 0.3) is 107 Å². The zero-order chi connectivity index (χ0) is 38.6. The highest BCUT2D eigenvalue weighted by Crippen LogP contribution is 2.46. The van der Waals surface area contributed by atoms with Gasteiger partial charge in [0.1, 0.15) is 22.3 Å². The summed E-state index contributed by atoms with van der Waals surface area (Å²) in [5.74, 6) is 1.63. The van der Waals surface area contributed by atoms with Gasteiger partial charge in [0.25, 0.3) is 0 Å². The molecule has 0 atom stereocenters. The van der Waals surface area contributed by atoms with Gasteiger partial charge in [0.2, 0.25) is 5.95 Å². The van der Waals surface area contributed by atoms with Crippen LogP contribution >= 0.6 is 22.7 Å². The van der Waals surface area contributed by atoms with Crippen LogP contribution in [-0.4, -0.2) is 15.0 Å². The van der Waals surface area contributed by atoms with E-state index < -0.39 is 0 Å². The van der Waals surface area contributed by atoms with Crippen molar-refractivity contribution in [2.75, 3.05) is 4.90 Å². The monoisotopic (exact) mass is 792 g/mol. The van der Waals surface area contributed by atoms with Crippen LogP contribution in [0.1, 0.15) is 0 Å². The number of hydrogen-bond donors (Lipinski definition) is 0. The predicted molar refractivity (Wildman–Crippen MR) is 246 cm³/mol. The lowest BCUT2D eigenvalue weighted by atomic mass is 10.1. The average molecular weight is 793 g/mol. The molecule has 0 amide bonds. The minimum Gasteiger partial charge on any atom is -0.456 e. The van der Waals surface area contributed by atoms with Crippen LogP contribution in [0.3, 0.4) is 0 Å². The number of hydrogen-bond acceptors (Lipinski definition) is 8. The van der Waals surface area contributed by atoms with Crippen LogP contribution in [0.15, 0.2) is 179 Å². The number of furan rings is 2. The second-order valence-corrected chi connectivity index (χ2v) is 16.9. The van der Waals surface area contributed by atoms with E-state index in [2.05, 4.69) is 114 Å². The molecule has 5 aromatic heterocycles. The molecular formula is C51H28N4O2S2. The molecule has 0 aliphatic rings. The molecule has 0 aliphatic heterocycles. The maximum Gasteiger partial charge on any atom is 0.238 e. The SMILES string of the molecule is c1ccc2c(c1)oc1ccc(-c3nc(-c4ccc5oc6ccccc6c5c4)nc(N(c4ccc5sc6ccccc6c5c4)c4cccc5sc6ccccc6c45)n3)cc12. The normalized spacial score (nSPS) is 12.1. The van der Waals surface area contributed by atoms with Crippen LogP contribution in [0.4, 0.5) is 17.3 Å². The van der Waals surface area contributed by atoms with E-state index in [4.69, 9.17) is 23.8 Å². The fourth-order valence-corrected chi connectivity index (χ4v) is 10.8. The first-order valence-electron chi connectivity index (χ1n) is 19.4. The first-order valence-corrected chi connectivity index (χ1v) is 21.0. The van der Waals surface area contributed by atoms with Crippen molar-refractivity contribution in [2.24, 2.45) is 0 Å². The molecule has 13 rings (SSSR count). The molecule has 6 nitrogen and oxygen atoms in total. The van der Waals surface area contributed by atoms with Crippen molar-refractivity contribution in [1.29, 1.82) is 0 Å². The van der Waals surface area contributed by atoms with Crippen molar-refractivity contribution >= 4 is 124 Å². The summed E-state index contributed by atoms with van der Waals surface area (Å²) in [5.41, 5.74) is 7.00. The summed E-state index contributed by atoms with van der Waals surface area (Å²) < 4.78 is 17.4. The van der Waals surface area contributed by atoms with Gasteiger partial charge >= 0.3 is 0 Å². The fraction of sp³-hybridized carbons (Fsp3) is 0. The van der Waals surface area contributed by atoms with Gasteiger partial charge in [0, 0.05) is 78.7 Å². The van der Waals surface area contributed by atoms with E-state index in [0.29, 0.717) is 17.6 Å². The quantitative estimate of drug-likeness (QED) is 0.173. The number of benzene rings is 8. The minimum absolute atomic E-state index is 0.515.